The maximum absolute atomic E-state index is 12.9. The maximum Gasteiger partial charge on any atom is 0.342 e. The molecule has 35 heavy (non-hydrogen) atoms. The lowest BCUT2D eigenvalue weighted by atomic mass is 10.1. The van der Waals surface area contributed by atoms with E-state index < -0.39 is 34.6 Å². The Morgan fingerprint density at radius 1 is 1.00 bits per heavy atom. The molecule has 3 aromatic carbocycles. The van der Waals surface area contributed by atoms with Crippen molar-refractivity contribution in [3.8, 4) is 5.75 Å². The van der Waals surface area contributed by atoms with Crippen molar-refractivity contribution in [2.24, 2.45) is 0 Å². The predicted molar refractivity (Wildman–Crippen MR) is 133 cm³/mol. The molecule has 0 aliphatic rings. The van der Waals surface area contributed by atoms with E-state index in [2.05, 4.69) is 5.32 Å². The zero-order chi connectivity index (χ0) is 25.8. The van der Waals surface area contributed by atoms with E-state index in [1.165, 1.54) is 30.3 Å². The molecule has 3 aromatic rings. The Morgan fingerprint density at radius 2 is 1.71 bits per heavy atom. The van der Waals surface area contributed by atoms with Crippen LogP contribution in [0, 0.1) is 13.8 Å². The molecule has 0 bridgehead atoms. The van der Waals surface area contributed by atoms with Gasteiger partial charge in [0.05, 0.1) is 6.04 Å². The van der Waals surface area contributed by atoms with Crippen LogP contribution < -0.4 is 9.50 Å². The maximum atomic E-state index is 12.9. The van der Waals surface area contributed by atoms with Crippen molar-refractivity contribution in [1.82, 2.24) is 5.32 Å². The van der Waals surface area contributed by atoms with E-state index in [0.29, 0.717) is 21.2 Å². The summed E-state index contributed by atoms with van der Waals surface area (Å²) in [5, 5.41) is 3.53. The second-order valence-corrected chi connectivity index (χ2v) is 10.2. The van der Waals surface area contributed by atoms with Crippen molar-refractivity contribution < 1.29 is 26.9 Å². The first-order valence-corrected chi connectivity index (χ1v) is 12.7. The Hall–Kier alpha value is -3.07. The molecule has 10 heteroatoms. The third-order valence-electron chi connectivity index (χ3n) is 5.06. The minimum absolute atomic E-state index is 0.00473. The summed E-state index contributed by atoms with van der Waals surface area (Å²) < 4.78 is 36.1. The van der Waals surface area contributed by atoms with Crippen molar-refractivity contribution >= 4 is 45.2 Å². The molecular formula is C25H23Cl2NO6S. The largest absolute Gasteiger partial charge is 0.452 e. The zero-order valence-electron chi connectivity index (χ0n) is 19.2. The highest BCUT2D eigenvalue weighted by Gasteiger charge is 2.24. The van der Waals surface area contributed by atoms with E-state index in [-0.39, 0.29) is 16.2 Å². The van der Waals surface area contributed by atoms with Crippen molar-refractivity contribution in [2.45, 2.75) is 31.7 Å². The summed E-state index contributed by atoms with van der Waals surface area (Å²) in [5.41, 5.74) is 1.75. The van der Waals surface area contributed by atoms with Crippen LogP contribution in [-0.2, 0) is 19.6 Å². The molecule has 0 fully saturated rings. The monoisotopic (exact) mass is 535 g/mol. The van der Waals surface area contributed by atoms with Crippen LogP contribution in [0.5, 0.6) is 5.75 Å². The van der Waals surface area contributed by atoms with Gasteiger partial charge in [-0.15, -0.1) is 0 Å². The topological polar surface area (TPSA) is 98.8 Å². The van der Waals surface area contributed by atoms with Crippen LogP contribution in [0.1, 0.15) is 40.0 Å². The standard InChI is InChI=1S/C25H23Cl2NO6S/c1-15-8-9-16(2)23(12-15)35(31,32)34-22-7-5-4-6-20(22)25(30)33-14-24(29)28-17(3)19-11-10-18(26)13-21(19)27/h4-13,17H,14H2,1-3H3,(H,28,29)/t17-/m1/s1. The van der Waals surface area contributed by atoms with E-state index in [9.17, 15) is 18.0 Å². The van der Waals surface area contributed by atoms with Crippen molar-refractivity contribution in [3.05, 3.63) is 93.0 Å². The van der Waals surface area contributed by atoms with Crippen molar-refractivity contribution in [3.63, 3.8) is 0 Å². The molecule has 7 nitrogen and oxygen atoms in total. The van der Waals surface area contributed by atoms with Crippen LogP contribution in [0.2, 0.25) is 10.0 Å². The van der Waals surface area contributed by atoms with Gasteiger partial charge < -0.3 is 14.2 Å². The third-order valence-corrected chi connectivity index (χ3v) is 7.00. The van der Waals surface area contributed by atoms with Crippen molar-refractivity contribution in [1.29, 1.82) is 0 Å². The molecule has 0 aliphatic carbocycles. The number of nitrogens with one attached hydrogen (secondary N) is 1. The third kappa shape index (κ3) is 6.75. The summed E-state index contributed by atoms with van der Waals surface area (Å²) in [6, 6.07) is 15.1. The van der Waals surface area contributed by atoms with Crippen LogP contribution in [0.15, 0.2) is 65.6 Å². The lowest BCUT2D eigenvalue weighted by molar-refractivity contribution is -0.124. The molecule has 0 radical (unpaired) electrons. The number of hydrogen-bond donors (Lipinski definition) is 1. The Bertz CT molecular complexity index is 1370. The molecule has 0 spiro atoms. The smallest absolute Gasteiger partial charge is 0.342 e. The van der Waals surface area contributed by atoms with Crippen LogP contribution in [0.3, 0.4) is 0 Å². The quantitative estimate of drug-likeness (QED) is 0.305. The SMILES string of the molecule is Cc1ccc(C)c(S(=O)(=O)Oc2ccccc2C(=O)OCC(=O)N[C@H](C)c2ccc(Cl)cc2Cl)c1. The Balaban J connectivity index is 1.68. The van der Waals surface area contributed by atoms with Crippen LogP contribution >= 0.6 is 23.2 Å². The number of hydrogen-bond acceptors (Lipinski definition) is 6. The van der Waals surface area contributed by atoms with Gasteiger partial charge in [0, 0.05) is 10.0 Å². The van der Waals surface area contributed by atoms with Gasteiger partial charge in [0.15, 0.2) is 12.4 Å². The average molecular weight is 536 g/mol. The van der Waals surface area contributed by atoms with Gasteiger partial charge in [-0.1, -0.05) is 53.5 Å². The minimum atomic E-state index is -4.22. The minimum Gasteiger partial charge on any atom is -0.452 e. The number of aryl methyl sites for hydroxylation is 2. The first kappa shape index (κ1) is 26.5. The summed E-state index contributed by atoms with van der Waals surface area (Å²) in [7, 11) is -4.22. The van der Waals surface area contributed by atoms with Crippen molar-refractivity contribution in [2.75, 3.05) is 6.61 Å². The van der Waals surface area contributed by atoms with Crippen LogP contribution in [0.25, 0.3) is 0 Å². The number of rotatable bonds is 8. The summed E-state index contributed by atoms with van der Waals surface area (Å²) in [6.45, 7) is 4.53. The molecule has 0 aromatic heterocycles. The lowest BCUT2D eigenvalue weighted by Crippen LogP contribution is -2.31. The predicted octanol–water partition coefficient (Wildman–Crippen LogP) is 5.41. The number of para-hydroxylation sites is 1. The van der Waals surface area contributed by atoms with Gasteiger partial charge in [-0.2, -0.15) is 8.42 Å². The molecule has 184 valence electrons. The molecule has 0 saturated carbocycles. The van der Waals surface area contributed by atoms with Crippen LogP contribution in [-0.4, -0.2) is 26.9 Å². The highest BCUT2D eigenvalue weighted by molar-refractivity contribution is 7.87. The Kier molecular flexibility index (Phi) is 8.43. The first-order chi connectivity index (χ1) is 16.5. The number of esters is 1. The number of benzene rings is 3. The first-order valence-electron chi connectivity index (χ1n) is 10.5. The molecule has 1 amide bonds. The fourth-order valence-corrected chi connectivity index (χ4v) is 5.11. The molecule has 0 saturated heterocycles. The Labute approximate surface area is 214 Å². The van der Waals surface area contributed by atoms with E-state index in [0.717, 1.165) is 5.56 Å². The highest BCUT2D eigenvalue weighted by Crippen LogP contribution is 2.27. The molecule has 3 rings (SSSR count). The highest BCUT2D eigenvalue weighted by atomic mass is 35.5. The number of carbonyl (C=O) groups excluding carboxylic acids is 2. The second kappa shape index (κ2) is 11.1. The second-order valence-electron chi connectivity index (χ2n) is 7.83. The van der Waals surface area contributed by atoms with Gasteiger partial charge in [-0.05, 0) is 67.8 Å². The Morgan fingerprint density at radius 3 is 2.43 bits per heavy atom. The van der Waals surface area contributed by atoms with Gasteiger partial charge >= 0.3 is 16.1 Å². The normalized spacial score (nSPS) is 12.0. The van der Waals surface area contributed by atoms with Gasteiger partial charge in [-0.3, -0.25) is 4.79 Å². The molecular weight excluding hydrogens is 513 g/mol. The van der Waals surface area contributed by atoms with E-state index in [1.54, 1.807) is 51.1 Å². The number of carbonyl (C=O) groups is 2. The van der Waals surface area contributed by atoms with Gasteiger partial charge in [0.1, 0.15) is 10.5 Å². The molecule has 0 heterocycles. The van der Waals surface area contributed by atoms with E-state index in [1.807, 2.05) is 0 Å². The lowest BCUT2D eigenvalue weighted by Gasteiger charge is -2.16. The molecule has 0 unspecified atom stereocenters. The molecule has 1 N–H and O–H groups in total. The molecule has 1 atom stereocenters. The fraction of sp³-hybridized carbons (Fsp3) is 0.200. The zero-order valence-corrected chi connectivity index (χ0v) is 21.5. The number of ether oxygens (including phenoxy) is 1. The van der Waals surface area contributed by atoms with E-state index in [4.69, 9.17) is 32.1 Å². The van der Waals surface area contributed by atoms with Crippen LogP contribution in [0.4, 0.5) is 0 Å². The molecule has 0 aliphatic heterocycles. The van der Waals surface area contributed by atoms with Gasteiger partial charge in [0.2, 0.25) is 0 Å². The summed E-state index contributed by atoms with van der Waals surface area (Å²) in [6.07, 6.45) is 0. The summed E-state index contributed by atoms with van der Waals surface area (Å²) >= 11 is 12.1. The van der Waals surface area contributed by atoms with Gasteiger partial charge in [-0.25, -0.2) is 4.79 Å². The summed E-state index contributed by atoms with van der Waals surface area (Å²) in [5.74, 6) is -1.69. The fourth-order valence-electron chi connectivity index (χ4n) is 3.27. The summed E-state index contributed by atoms with van der Waals surface area (Å²) in [4.78, 5) is 25.0. The number of amides is 1. The average Bonchev–Trinajstić information content (AvgIpc) is 2.79. The van der Waals surface area contributed by atoms with Gasteiger partial charge in [0.25, 0.3) is 5.91 Å². The number of halogens is 2. The van der Waals surface area contributed by atoms with E-state index >= 15 is 0 Å².